The molecule has 0 N–H and O–H groups in total. The molecule has 0 saturated heterocycles. The fourth-order valence-corrected chi connectivity index (χ4v) is 3.62. The van der Waals surface area contributed by atoms with Gasteiger partial charge < -0.3 is 0 Å². The van der Waals surface area contributed by atoms with Crippen LogP contribution in [0.5, 0.6) is 0 Å². The number of hydrogen-bond donors (Lipinski definition) is 0. The maximum Gasteiger partial charge on any atom is 0.301 e. The topological polar surface area (TPSA) is 0 Å². The molecule has 2 aliphatic rings. The highest BCUT2D eigenvalue weighted by molar-refractivity contribution is 5.61. The van der Waals surface area contributed by atoms with Crippen LogP contribution in [0.1, 0.15) is 22.3 Å². The summed E-state index contributed by atoms with van der Waals surface area (Å²) in [7, 11) is 0. The van der Waals surface area contributed by atoms with Crippen LogP contribution >= 0.6 is 0 Å². The Balaban J connectivity index is 2.18. The van der Waals surface area contributed by atoms with E-state index in [4.69, 9.17) is 0 Å². The second-order valence-electron chi connectivity index (χ2n) is 6.14. The molecule has 0 heterocycles. The van der Waals surface area contributed by atoms with Crippen LogP contribution in [0.25, 0.3) is 0 Å². The van der Waals surface area contributed by atoms with Gasteiger partial charge in [-0.3, -0.25) is 0 Å². The van der Waals surface area contributed by atoms with E-state index in [-0.39, 0.29) is 0 Å². The van der Waals surface area contributed by atoms with Crippen LogP contribution in [0.3, 0.4) is 0 Å². The monoisotopic (exact) mass is 376 g/mol. The van der Waals surface area contributed by atoms with Crippen molar-refractivity contribution in [2.24, 2.45) is 0 Å². The van der Waals surface area contributed by atoms with Gasteiger partial charge in [-0.25, -0.2) is 0 Å². The molecule has 2 aliphatic carbocycles. The van der Waals surface area contributed by atoms with Gasteiger partial charge in [0.2, 0.25) is 0 Å². The summed E-state index contributed by atoms with van der Waals surface area (Å²) in [5, 5.41) is 0. The largest absolute Gasteiger partial charge is 0.301 e. The summed E-state index contributed by atoms with van der Waals surface area (Å²) in [5.41, 5.74) is -10.7. The van der Waals surface area contributed by atoms with Gasteiger partial charge in [-0.05, 0) is 0 Å². The van der Waals surface area contributed by atoms with Gasteiger partial charge in [-0.2, -0.15) is 35.1 Å². The lowest BCUT2D eigenvalue weighted by Crippen LogP contribution is -2.48. The average molecular weight is 376 g/mol. The number of rotatable bonds is 0. The Bertz CT molecular complexity index is 804. The van der Waals surface area contributed by atoms with Crippen molar-refractivity contribution in [3.8, 4) is 0 Å². The molecule has 0 nitrogen and oxygen atoms in total. The quantitative estimate of drug-likeness (QED) is 0.386. The predicted molar refractivity (Wildman–Crippen MR) is 75.5 cm³/mol. The molecule has 26 heavy (non-hydrogen) atoms. The Morgan fingerprint density at radius 3 is 0.769 bits per heavy atom. The Hall–Kier alpha value is -2.38. The molecule has 0 spiro atoms. The Morgan fingerprint density at radius 1 is 0.385 bits per heavy atom. The van der Waals surface area contributed by atoms with Gasteiger partial charge in [-0.1, -0.05) is 48.5 Å². The van der Waals surface area contributed by atoms with Crippen LogP contribution in [0.15, 0.2) is 59.7 Å². The second-order valence-corrected chi connectivity index (χ2v) is 6.14. The van der Waals surface area contributed by atoms with Crippen LogP contribution in [0.2, 0.25) is 0 Å². The summed E-state index contributed by atoms with van der Waals surface area (Å²) >= 11 is 0. The number of benzene rings is 2. The van der Waals surface area contributed by atoms with Crippen molar-refractivity contribution in [3.63, 3.8) is 0 Å². The van der Waals surface area contributed by atoms with Crippen molar-refractivity contribution in [1.29, 1.82) is 0 Å². The smallest absolute Gasteiger partial charge is 0.196 e. The van der Waals surface area contributed by atoms with E-state index in [1.54, 1.807) is 0 Å². The van der Waals surface area contributed by atoms with Crippen LogP contribution in [-0.2, 0) is 23.7 Å². The molecule has 0 aliphatic heterocycles. The molecule has 0 unspecified atom stereocenters. The lowest BCUT2D eigenvalue weighted by molar-refractivity contribution is -0.119. The summed E-state index contributed by atoms with van der Waals surface area (Å²) in [6, 6.07) is 6.01. The molecule has 136 valence electrons. The van der Waals surface area contributed by atoms with Crippen molar-refractivity contribution in [2.75, 3.05) is 0 Å². The molecule has 0 amide bonds. The molecule has 2 aromatic carbocycles. The van der Waals surface area contributed by atoms with Crippen molar-refractivity contribution in [2.45, 2.75) is 23.7 Å². The minimum Gasteiger partial charge on any atom is -0.196 e. The first kappa shape index (κ1) is 17.1. The van der Waals surface area contributed by atoms with E-state index in [0.717, 1.165) is 24.3 Å². The number of alkyl halides is 8. The highest BCUT2D eigenvalue weighted by atomic mass is 19.3. The van der Waals surface area contributed by atoms with E-state index in [1.165, 1.54) is 0 Å². The average Bonchev–Trinajstić information content (AvgIpc) is 2.57. The van der Waals surface area contributed by atoms with Gasteiger partial charge in [-0.15, -0.1) is 0 Å². The highest BCUT2D eigenvalue weighted by Crippen LogP contribution is 2.66. The summed E-state index contributed by atoms with van der Waals surface area (Å²) in [5.74, 6) is -18.7. The minimum atomic E-state index is -4.69. The van der Waals surface area contributed by atoms with Crippen LogP contribution < -0.4 is 0 Å². The van der Waals surface area contributed by atoms with Gasteiger partial charge in [0.1, 0.15) is 0 Å². The third kappa shape index (κ3) is 1.79. The summed E-state index contributed by atoms with van der Waals surface area (Å²) < 4.78 is 118. The predicted octanol–water partition coefficient (Wildman–Crippen LogP) is 6.08. The van der Waals surface area contributed by atoms with Gasteiger partial charge in [0.25, 0.3) is 0 Å². The zero-order chi connectivity index (χ0) is 19.1. The Kier molecular flexibility index (Phi) is 3.06. The zero-order valence-electron chi connectivity index (χ0n) is 12.6. The number of fused-ring (bicyclic) bond motifs is 2. The molecule has 0 saturated carbocycles. The molecule has 0 atom stereocenters. The van der Waals surface area contributed by atoms with E-state index >= 15 is 0 Å². The third-order valence-electron chi connectivity index (χ3n) is 4.71. The molecular formula is C18H8F8. The molecule has 0 radical (unpaired) electrons. The van der Waals surface area contributed by atoms with E-state index < -0.39 is 57.1 Å². The summed E-state index contributed by atoms with van der Waals surface area (Å²) in [4.78, 5) is 0. The molecule has 0 bridgehead atoms. The van der Waals surface area contributed by atoms with Gasteiger partial charge in [0.15, 0.2) is 0 Å². The van der Waals surface area contributed by atoms with E-state index in [9.17, 15) is 35.1 Å². The van der Waals surface area contributed by atoms with Gasteiger partial charge in [0, 0.05) is 22.3 Å². The fourth-order valence-electron chi connectivity index (χ4n) is 3.62. The van der Waals surface area contributed by atoms with Crippen molar-refractivity contribution < 1.29 is 35.1 Å². The van der Waals surface area contributed by atoms with E-state index in [1.807, 2.05) is 0 Å². The summed E-state index contributed by atoms with van der Waals surface area (Å²) in [6.45, 7) is 0. The molecule has 0 fully saturated rings. The Morgan fingerprint density at radius 2 is 0.577 bits per heavy atom. The number of halogens is 8. The van der Waals surface area contributed by atoms with Crippen molar-refractivity contribution in [1.82, 2.24) is 0 Å². The lowest BCUT2D eigenvalue weighted by Gasteiger charge is -2.44. The maximum atomic E-state index is 14.8. The number of hydrogen-bond acceptors (Lipinski definition) is 0. The minimum absolute atomic E-state index is 0.543. The van der Waals surface area contributed by atoms with E-state index in [0.29, 0.717) is 24.3 Å². The van der Waals surface area contributed by atoms with E-state index in [2.05, 4.69) is 0 Å². The van der Waals surface area contributed by atoms with Crippen LogP contribution in [0, 0.1) is 0 Å². The fraction of sp³-hybridized carbons (Fsp3) is 0.222. The van der Waals surface area contributed by atoms with Crippen molar-refractivity contribution >= 4 is 0 Å². The zero-order valence-corrected chi connectivity index (χ0v) is 12.6. The lowest BCUT2D eigenvalue weighted by atomic mass is 9.69. The first-order chi connectivity index (χ1) is 11.9. The maximum absolute atomic E-state index is 14.8. The van der Waals surface area contributed by atoms with Gasteiger partial charge in [0.05, 0.1) is 11.1 Å². The third-order valence-corrected chi connectivity index (χ3v) is 4.71. The molecule has 4 rings (SSSR count). The molecule has 0 aromatic heterocycles. The summed E-state index contributed by atoms with van der Waals surface area (Å²) in [6.07, 6.45) is 0. The Labute approximate surface area is 141 Å². The van der Waals surface area contributed by atoms with Crippen LogP contribution in [0.4, 0.5) is 35.1 Å². The van der Waals surface area contributed by atoms with Crippen molar-refractivity contribution in [3.05, 3.63) is 81.9 Å². The first-order valence-electron chi connectivity index (χ1n) is 7.42. The highest BCUT2D eigenvalue weighted by Gasteiger charge is 2.70. The molecule has 8 heteroatoms. The molecular weight excluding hydrogens is 368 g/mol. The second kappa shape index (κ2) is 4.66. The SMILES string of the molecule is FC1(F)C2=C(C(F)(F)c3ccccc31)C(F)(F)c1ccccc1C2(F)F. The molecule has 2 aromatic rings. The standard InChI is InChI=1S/C18H8F8/c19-15(20)9-5-1-2-6-10(9)16(21,22)14-13(15)17(23,24)11-7-3-4-8-12(11)18(14,25)26/h1-8H. The number of allylic oxidation sites excluding steroid dienone is 2. The normalized spacial score (nSPS) is 23.7. The first-order valence-corrected chi connectivity index (χ1v) is 7.42. The van der Waals surface area contributed by atoms with Gasteiger partial charge >= 0.3 is 23.7 Å². The van der Waals surface area contributed by atoms with Crippen LogP contribution in [-0.4, -0.2) is 0 Å².